The minimum absolute atomic E-state index is 0.182. The molecule has 0 aliphatic rings. The van der Waals surface area contributed by atoms with Crippen LogP contribution in [0.2, 0.25) is 5.02 Å². The Balaban J connectivity index is 2.65. The van der Waals surface area contributed by atoms with E-state index in [9.17, 15) is 9.59 Å². The molecule has 0 bridgehead atoms. The van der Waals surface area contributed by atoms with Crippen molar-refractivity contribution in [1.29, 1.82) is 0 Å². The zero-order valence-electron chi connectivity index (χ0n) is 12.5. The van der Waals surface area contributed by atoms with Crippen LogP contribution in [0.1, 0.15) is 27.7 Å². The third kappa shape index (κ3) is 5.63. The summed E-state index contributed by atoms with van der Waals surface area (Å²) in [6.07, 6.45) is -1.98. The van der Waals surface area contributed by atoms with Crippen molar-refractivity contribution in [3.8, 4) is 5.75 Å². The molecule has 1 atom stereocenters. The molecule has 0 heterocycles. The maximum Gasteiger partial charge on any atom is 0.517 e. The summed E-state index contributed by atoms with van der Waals surface area (Å²) in [5.41, 5.74) is 0. The lowest BCUT2D eigenvalue weighted by atomic mass is 10.2. The molecule has 116 valence electrons. The minimum Gasteiger partial charge on any atom is -0.425 e. The Bertz CT molecular complexity index is 499. The topological polar surface area (TPSA) is 61.8 Å². The fourth-order valence-electron chi connectivity index (χ4n) is 1.28. The first-order valence-corrected chi connectivity index (χ1v) is 7.02. The zero-order valence-corrected chi connectivity index (χ0v) is 13.2. The Morgan fingerprint density at radius 1 is 1.05 bits per heavy atom. The molecule has 0 saturated carbocycles. The predicted molar refractivity (Wildman–Crippen MR) is 78.1 cm³/mol. The SMILES string of the molecule is CC(C)C(=O)O[C@@H](OC(=O)Oc1ccccc1Cl)C(C)C. The highest BCUT2D eigenvalue weighted by Crippen LogP contribution is 2.24. The van der Waals surface area contributed by atoms with Gasteiger partial charge < -0.3 is 14.2 Å². The van der Waals surface area contributed by atoms with Crippen molar-refractivity contribution in [2.24, 2.45) is 11.8 Å². The summed E-state index contributed by atoms with van der Waals surface area (Å²) < 4.78 is 15.1. The third-order valence-corrected chi connectivity index (χ3v) is 2.80. The van der Waals surface area contributed by atoms with Gasteiger partial charge in [0.1, 0.15) is 0 Å². The summed E-state index contributed by atoms with van der Waals surface area (Å²) in [4.78, 5) is 23.3. The number of para-hydroxylation sites is 1. The van der Waals surface area contributed by atoms with Gasteiger partial charge in [0, 0.05) is 5.92 Å². The van der Waals surface area contributed by atoms with Crippen molar-refractivity contribution in [2.75, 3.05) is 0 Å². The van der Waals surface area contributed by atoms with Crippen LogP contribution in [0, 0.1) is 11.8 Å². The molecule has 0 radical (unpaired) electrons. The molecule has 0 saturated heterocycles. The number of esters is 1. The number of carbonyl (C=O) groups is 2. The van der Waals surface area contributed by atoms with E-state index in [1.807, 2.05) is 0 Å². The molecule has 6 heteroatoms. The fourth-order valence-corrected chi connectivity index (χ4v) is 1.46. The van der Waals surface area contributed by atoms with Crippen LogP contribution in [0.3, 0.4) is 0 Å². The van der Waals surface area contributed by atoms with Gasteiger partial charge in [-0.2, -0.15) is 0 Å². The summed E-state index contributed by atoms with van der Waals surface area (Å²) in [7, 11) is 0. The largest absolute Gasteiger partial charge is 0.517 e. The number of rotatable bonds is 5. The van der Waals surface area contributed by atoms with Crippen LogP contribution < -0.4 is 4.74 Å². The van der Waals surface area contributed by atoms with Gasteiger partial charge >= 0.3 is 12.1 Å². The third-order valence-electron chi connectivity index (χ3n) is 2.49. The van der Waals surface area contributed by atoms with Gasteiger partial charge in [0.15, 0.2) is 5.75 Å². The minimum atomic E-state index is -1.00. The molecule has 1 rings (SSSR count). The molecule has 0 spiro atoms. The van der Waals surface area contributed by atoms with E-state index in [1.54, 1.807) is 45.9 Å². The molecule has 0 aromatic heterocycles. The lowest BCUT2D eigenvalue weighted by Gasteiger charge is -2.21. The number of hydrogen-bond acceptors (Lipinski definition) is 5. The number of halogens is 1. The molecule has 0 fully saturated rings. The molecule has 5 nitrogen and oxygen atoms in total. The summed E-state index contributed by atoms with van der Waals surface area (Å²) in [6.45, 7) is 6.92. The average molecular weight is 315 g/mol. The first-order valence-electron chi connectivity index (χ1n) is 6.64. The number of ether oxygens (including phenoxy) is 3. The Morgan fingerprint density at radius 2 is 1.67 bits per heavy atom. The zero-order chi connectivity index (χ0) is 16.0. The smallest absolute Gasteiger partial charge is 0.425 e. The lowest BCUT2D eigenvalue weighted by Crippen LogP contribution is -2.32. The quantitative estimate of drug-likeness (QED) is 0.466. The van der Waals surface area contributed by atoms with Crippen molar-refractivity contribution in [1.82, 2.24) is 0 Å². The van der Waals surface area contributed by atoms with Crippen molar-refractivity contribution in [2.45, 2.75) is 34.0 Å². The average Bonchev–Trinajstić information content (AvgIpc) is 2.40. The molecule has 1 aromatic carbocycles. The molecular formula is C15H19ClO5. The molecule has 21 heavy (non-hydrogen) atoms. The maximum atomic E-state index is 11.7. The van der Waals surface area contributed by atoms with Gasteiger partial charge in [0.2, 0.25) is 0 Å². The second-order valence-electron chi connectivity index (χ2n) is 5.10. The van der Waals surface area contributed by atoms with E-state index in [2.05, 4.69) is 0 Å². The molecule has 0 amide bonds. The Hall–Kier alpha value is -1.75. The van der Waals surface area contributed by atoms with E-state index in [0.29, 0.717) is 0 Å². The molecule has 0 aliphatic carbocycles. The standard InChI is InChI=1S/C15H19ClO5/c1-9(2)13(17)20-14(10(3)4)21-15(18)19-12-8-6-5-7-11(12)16/h5-10,14H,1-4H3/t14-/m0/s1. The summed E-state index contributed by atoms with van der Waals surface area (Å²) >= 11 is 5.88. The maximum absolute atomic E-state index is 11.7. The van der Waals surface area contributed by atoms with Gasteiger partial charge in [-0.05, 0) is 12.1 Å². The summed E-state index contributed by atoms with van der Waals surface area (Å²) in [6, 6.07) is 6.51. The van der Waals surface area contributed by atoms with E-state index >= 15 is 0 Å². The molecule has 0 N–H and O–H groups in total. The number of hydrogen-bond donors (Lipinski definition) is 0. The predicted octanol–water partition coefficient (Wildman–Crippen LogP) is 4.04. The number of carbonyl (C=O) groups excluding carboxylic acids is 2. The van der Waals surface area contributed by atoms with E-state index in [0.717, 1.165) is 0 Å². The Morgan fingerprint density at radius 3 is 2.19 bits per heavy atom. The lowest BCUT2D eigenvalue weighted by molar-refractivity contribution is -0.180. The highest BCUT2D eigenvalue weighted by atomic mass is 35.5. The van der Waals surface area contributed by atoms with Gasteiger partial charge in [-0.3, -0.25) is 4.79 Å². The summed E-state index contributed by atoms with van der Waals surface area (Å²) in [5, 5.41) is 0.287. The van der Waals surface area contributed by atoms with Crippen molar-refractivity contribution < 1.29 is 23.8 Å². The van der Waals surface area contributed by atoms with Crippen molar-refractivity contribution >= 4 is 23.7 Å². The van der Waals surface area contributed by atoms with Crippen LogP contribution in [0.25, 0.3) is 0 Å². The van der Waals surface area contributed by atoms with Crippen molar-refractivity contribution in [3.63, 3.8) is 0 Å². The van der Waals surface area contributed by atoms with Crippen molar-refractivity contribution in [3.05, 3.63) is 29.3 Å². The monoisotopic (exact) mass is 314 g/mol. The molecule has 0 aliphatic heterocycles. The first-order chi connectivity index (χ1) is 9.81. The number of benzene rings is 1. The van der Waals surface area contributed by atoms with E-state index in [1.165, 1.54) is 6.07 Å². The molecule has 0 unspecified atom stereocenters. The van der Waals surface area contributed by atoms with Gasteiger partial charge in [0.05, 0.1) is 10.9 Å². The van der Waals surface area contributed by atoms with E-state index in [-0.39, 0.29) is 22.6 Å². The van der Waals surface area contributed by atoms with Crippen LogP contribution in [0.4, 0.5) is 4.79 Å². The van der Waals surface area contributed by atoms with Gasteiger partial charge in [-0.25, -0.2) is 4.79 Å². The van der Waals surface area contributed by atoms with Gasteiger partial charge in [-0.1, -0.05) is 51.4 Å². The van der Waals surface area contributed by atoms with Crippen LogP contribution in [-0.2, 0) is 14.3 Å². The highest BCUT2D eigenvalue weighted by Gasteiger charge is 2.25. The molecule has 1 aromatic rings. The van der Waals surface area contributed by atoms with Gasteiger partial charge in [0.25, 0.3) is 6.29 Å². The second kappa shape index (κ2) is 7.88. The van der Waals surface area contributed by atoms with E-state index < -0.39 is 18.4 Å². The first kappa shape index (κ1) is 17.3. The Labute approximate surface area is 129 Å². The van der Waals surface area contributed by atoms with Crippen LogP contribution >= 0.6 is 11.6 Å². The normalized spacial score (nSPS) is 12.1. The summed E-state index contributed by atoms with van der Waals surface area (Å²) in [5.74, 6) is -0.776. The Kier molecular flexibility index (Phi) is 6.49. The molecular weight excluding hydrogens is 296 g/mol. The van der Waals surface area contributed by atoms with Crippen LogP contribution in [-0.4, -0.2) is 18.4 Å². The van der Waals surface area contributed by atoms with Gasteiger partial charge in [-0.15, -0.1) is 0 Å². The van der Waals surface area contributed by atoms with E-state index in [4.69, 9.17) is 25.8 Å². The highest BCUT2D eigenvalue weighted by molar-refractivity contribution is 6.32. The van der Waals surface area contributed by atoms with Crippen LogP contribution in [0.15, 0.2) is 24.3 Å². The second-order valence-corrected chi connectivity index (χ2v) is 5.51. The fraction of sp³-hybridized carbons (Fsp3) is 0.467. The van der Waals surface area contributed by atoms with Crippen LogP contribution in [0.5, 0.6) is 5.75 Å².